The third kappa shape index (κ3) is 3.88. The molecule has 1 aromatic carbocycles. The molecule has 0 saturated heterocycles. The van der Waals surface area contributed by atoms with Crippen molar-refractivity contribution in [3.63, 3.8) is 0 Å². The summed E-state index contributed by atoms with van der Waals surface area (Å²) >= 11 is 0. The van der Waals surface area contributed by atoms with Gasteiger partial charge in [-0.25, -0.2) is 17.8 Å². The predicted octanol–water partition coefficient (Wildman–Crippen LogP) is 3.15. The summed E-state index contributed by atoms with van der Waals surface area (Å²) in [7, 11) is -2.22. The number of Topliss-reactive ketones (excluding diaryl/α,β-unsaturated/α-hetero) is 1. The van der Waals surface area contributed by atoms with E-state index in [-0.39, 0.29) is 29.0 Å². The Kier molecular flexibility index (Phi) is 5.55. The highest BCUT2D eigenvalue weighted by molar-refractivity contribution is 7.92. The molecule has 0 bridgehead atoms. The summed E-state index contributed by atoms with van der Waals surface area (Å²) in [6, 6.07) is 11.4. The molecule has 3 atom stereocenters. The van der Waals surface area contributed by atoms with Crippen LogP contribution in [0.25, 0.3) is 5.69 Å². The zero-order valence-corrected chi connectivity index (χ0v) is 21.0. The molecular formula is C26H25FN6O3S. The predicted molar refractivity (Wildman–Crippen MR) is 131 cm³/mol. The van der Waals surface area contributed by atoms with E-state index in [1.165, 1.54) is 23.1 Å². The van der Waals surface area contributed by atoms with Crippen molar-refractivity contribution in [1.82, 2.24) is 29.5 Å². The van der Waals surface area contributed by atoms with E-state index in [1.54, 1.807) is 49.9 Å². The Bertz CT molecular complexity index is 1580. The smallest absolute Gasteiger partial charge is 0.201 e. The van der Waals surface area contributed by atoms with E-state index in [0.29, 0.717) is 31.4 Å². The van der Waals surface area contributed by atoms with E-state index >= 15 is 0 Å². The van der Waals surface area contributed by atoms with E-state index in [2.05, 4.69) is 20.2 Å². The van der Waals surface area contributed by atoms with Crippen molar-refractivity contribution in [2.45, 2.75) is 42.4 Å². The number of hydrogen-bond donors (Lipinski definition) is 0. The van der Waals surface area contributed by atoms with Gasteiger partial charge in [0.1, 0.15) is 11.5 Å². The third-order valence-electron chi connectivity index (χ3n) is 7.85. The fourth-order valence-electron chi connectivity index (χ4n) is 5.99. The molecule has 6 rings (SSSR count). The fraction of sp³-hybridized carbons (Fsp3) is 0.346. The zero-order chi connectivity index (χ0) is 25.8. The number of halogens is 1. The summed E-state index contributed by atoms with van der Waals surface area (Å²) in [5.74, 6) is -0.571. The molecule has 37 heavy (non-hydrogen) atoms. The molecule has 2 aliphatic rings. The summed E-state index contributed by atoms with van der Waals surface area (Å²) < 4.78 is 42.5. The number of fused-ring (bicyclic) bond motifs is 2. The molecule has 3 heterocycles. The van der Waals surface area contributed by atoms with E-state index in [0.717, 1.165) is 17.1 Å². The minimum Gasteiger partial charge on any atom is -0.303 e. The molecule has 0 aliphatic heterocycles. The normalized spacial score (nSPS) is 23.3. The van der Waals surface area contributed by atoms with Gasteiger partial charge in [-0.3, -0.25) is 9.78 Å². The van der Waals surface area contributed by atoms with Crippen LogP contribution in [0.5, 0.6) is 0 Å². The van der Waals surface area contributed by atoms with E-state index in [9.17, 15) is 17.6 Å². The fourth-order valence-corrected chi connectivity index (χ4v) is 7.72. The van der Waals surface area contributed by atoms with E-state index < -0.39 is 20.5 Å². The largest absolute Gasteiger partial charge is 0.303 e. The van der Waals surface area contributed by atoms with Crippen molar-refractivity contribution in [1.29, 1.82) is 0 Å². The van der Waals surface area contributed by atoms with Gasteiger partial charge in [0.25, 0.3) is 0 Å². The number of pyridine rings is 1. The van der Waals surface area contributed by atoms with Crippen molar-refractivity contribution >= 4 is 15.6 Å². The zero-order valence-electron chi connectivity index (χ0n) is 20.2. The molecule has 9 nitrogen and oxygen atoms in total. The highest BCUT2D eigenvalue weighted by Gasteiger charge is 2.55. The number of carbonyl (C=O) groups is 1. The van der Waals surface area contributed by atoms with Gasteiger partial charge in [0.2, 0.25) is 9.84 Å². The van der Waals surface area contributed by atoms with Gasteiger partial charge in [-0.05, 0) is 68.0 Å². The minimum atomic E-state index is -3.79. The molecular weight excluding hydrogens is 495 g/mol. The summed E-state index contributed by atoms with van der Waals surface area (Å²) in [5.41, 5.74) is 1.87. The summed E-state index contributed by atoms with van der Waals surface area (Å²) in [4.78, 5) is 24.3. The lowest BCUT2D eigenvalue weighted by molar-refractivity contribution is 0.0483. The van der Waals surface area contributed by atoms with Crippen molar-refractivity contribution in [2.24, 2.45) is 18.4 Å². The van der Waals surface area contributed by atoms with Crippen molar-refractivity contribution in [3.05, 3.63) is 84.1 Å². The van der Waals surface area contributed by atoms with E-state index in [4.69, 9.17) is 0 Å². The van der Waals surface area contributed by atoms with Crippen molar-refractivity contribution in [3.8, 4) is 5.69 Å². The van der Waals surface area contributed by atoms with Gasteiger partial charge in [0.15, 0.2) is 10.8 Å². The Morgan fingerprint density at radius 2 is 1.92 bits per heavy atom. The van der Waals surface area contributed by atoms with Gasteiger partial charge in [-0.1, -0.05) is 6.07 Å². The monoisotopic (exact) mass is 520 g/mol. The molecule has 0 spiro atoms. The second-order valence-corrected chi connectivity index (χ2v) is 12.1. The Morgan fingerprint density at radius 1 is 1.11 bits per heavy atom. The number of benzene rings is 1. The van der Waals surface area contributed by atoms with Gasteiger partial charge >= 0.3 is 0 Å². The molecule has 3 aromatic heterocycles. The summed E-state index contributed by atoms with van der Waals surface area (Å²) in [6.45, 7) is 0. The lowest BCUT2D eigenvalue weighted by Gasteiger charge is -2.47. The number of nitrogens with zero attached hydrogens (tertiary/aromatic N) is 6. The number of carbonyl (C=O) groups excluding carboxylic acids is 1. The van der Waals surface area contributed by atoms with Gasteiger partial charge in [0.05, 0.1) is 23.5 Å². The highest BCUT2D eigenvalue weighted by atomic mass is 32.2. The summed E-state index contributed by atoms with van der Waals surface area (Å²) in [6.07, 6.45) is 6.53. The average molecular weight is 521 g/mol. The van der Waals surface area contributed by atoms with Crippen molar-refractivity contribution < 1.29 is 17.6 Å². The minimum absolute atomic E-state index is 0.0732. The van der Waals surface area contributed by atoms with Crippen LogP contribution in [0.1, 0.15) is 41.1 Å². The van der Waals surface area contributed by atoms with Crippen LogP contribution >= 0.6 is 0 Å². The second kappa shape index (κ2) is 8.69. The molecule has 0 N–H and O–H groups in total. The average Bonchev–Trinajstić information content (AvgIpc) is 3.53. The number of rotatable bonds is 5. The van der Waals surface area contributed by atoms with E-state index in [1.807, 2.05) is 4.57 Å². The van der Waals surface area contributed by atoms with Gasteiger partial charge in [-0.2, -0.15) is 9.90 Å². The van der Waals surface area contributed by atoms with Gasteiger partial charge in [-0.15, -0.1) is 5.10 Å². The topological polar surface area (TPSA) is 113 Å². The first-order valence-corrected chi connectivity index (χ1v) is 13.7. The maximum absolute atomic E-state index is 14.1. The third-order valence-corrected chi connectivity index (χ3v) is 9.90. The molecule has 0 amide bonds. The number of ketones is 1. The molecule has 4 aromatic rings. The second-order valence-electron chi connectivity index (χ2n) is 9.88. The van der Waals surface area contributed by atoms with Crippen LogP contribution in [0, 0.1) is 17.2 Å². The van der Waals surface area contributed by atoms with Crippen LogP contribution in [0.2, 0.25) is 0 Å². The number of aromatic nitrogens is 6. The van der Waals surface area contributed by atoms with Crippen LogP contribution in [-0.2, 0) is 29.7 Å². The molecule has 1 fully saturated rings. The van der Waals surface area contributed by atoms with Gasteiger partial charge < -0.3 is 4.57 Å². The Hall–Kier alpha value is -3.73. The first kappa shape index (κ1) is 23.7. The van der Waals surface area contributed by atoms with Crippen LogP contribution < -0.4 is 0 Å². The molecule has 11 heteroatoms. The van der Waals surface area contributed by atoms with Crippen LogP contribution in [0.4, 0.5) is 4.39 Å². The Balaban J connectivity index is 1.43. The number of sulfone groups is 1. The van der Waals surface area contributed by atoms with Crippen LogP contribution in [-0.4, -0.2) is 49.0 Å². The van der Waals surface area contributed by atoms with Crippen molar-refractivity contribution in [2.75, 3.05) is 0 Å². The standard InChI is InChI=1S/C26H25FN6O3S/c1-32-30-15-24(31-32)37(35,36)20-10-5-17-12-23-22(29-16-33(23)19-8-6-18(27)7-9-19)14-26(17,13-20)25(34)21-4-2-3-11-28-21/h2-4,6-9,11,15-17,20H,5,10,12-14H2,1H3/t17?,20-,26+/m0/s1. The molecule has 2 aliphatic carbocycles. The number of aryl methyl sites for hydroxylation is 1. The highest BCUT2D eigenvalue weighted by Crippen LogP contribution is 2.52. The quantitative estimate of drug-likeness (QED) is 0.372. The summed E-state index contributed by atoms with van der Waals surface area (Å²) in [5, 5.41) is 7.14. The molecule has 0 radical (unpaired) electrons. The lowest BCUT2D eigenvalue weighted by Crippen LogP contribution is -2.51. The van der Waals surface area contributed by atoms with Crippen LogP contribution in [0.3, 0.4) is 0 Å². The first-order chi connectivity index (χ1) is 17.8. The Morgan fingerprint density at radius 3 is 2.62 bits per heavy atom. The number of imidazole rings is 1. The SMILES string of the molecule is Cn1ncc(S(=O)(=O)[C@H]2CCC3Cc4c(ncn4-c4ccc(F)cc4)C[C@]3(C(=O)c3ccccn3)C2)n1. The maximum atomic E-state index is 14.1. The van der Waals surface area contributed by atoms with Crippen LogP contribution in [0.15, 0.2) is 66.2 Å². The molecule has 1 unspecified atom stereocenters. The number of hydrogen-bond acceptors (Lipinski definition) is 7. The molecule has 190 valence electrons. The molecule has 1 saturated carbocycles. The first-order valence-electron chi connectivity index (χ1n) is 12.1. The Labute approximate surface area is 213 Å². The maximum Gasteiger partial charge on any atom is 0.201 e. The lowest BCUT2D eigenvalue weighted by atomic mass is 9.57. The van der Waals surface area contributed by atoms with Gasteiger partial charge in [0, 0.05) is 36.5 Å².